The highest BCUT2D eigenvalue weighted by atomic mass is 16.1. The van der Waals surface area contributed by atoms with Crippen LogP contribution in [0.15, 0.2) is 0 Å². The van der Waals surface area contributed by atoms with Gasteiger partial charge < -0.3 is 5.32 Å². The molecule has 0 amide bonds. The number of rotatable bonds is 0. The van der Waals surface area contributed by atoms with Crippen LogP contribution in [-0.2, 0) is 4.79 Å². The van der Waals surface area contributed by atoms with E-state index in [0.29, 0.717) is 5.78 Å². The molecule has 0 aliphatic carbocycles. The lowest BCUT2D eigenvalue weighted by Gasteiger charge is -2.08. The van der Waals surface area contributed by atoms with Crippen molar-refractivity contribution in [3.05, 3.63) is 0 Å². The van der Waals surface area contributed by atoms with Crippen molar-refractivity contribution in [1.29, 1.82) is 0 Å². The molecule has 1 saturated heterocycles. The highest BCUT2D eigenvalue weighted by Gasteiger charge is 2.21. The van der Waals surface area contributed by atoms with Gasteiger partial charge in [-0.05, 0) is 13.0 Å². The predicted molar refractivity (Wildman–Crippen MR) is 40.8 cm³/mol. The summed E-state index contributed by atoms with van der Waals surface area (Å²) in [4.78, 5) is 11.3. The number of nitrogens with one attached hydrogen (secondary N) is 1. The maximum absolute atomic E-state index is 11.3. The highest BCUT2D eigenvalue weighted by Crippen LogP contribution is 2.12. The van der Waals surface area contributed by atoms with E-state index in [1.807, 2.05) is 13.8 Å². The van der Waals surface area contributed by atoms with Crippen molar-refractivity contribution in [2.24, 2.45) is 11.8 Å². The molecule has 58 valence electrons. The van der Waals surface area contributed by atoms with E-state index in [2.05, 4.69) is 5.32 Å². The first-order valence-electron chi connectivity index (χ1n) is 3.96. The molecule has 0 bridgehead atoms. The molecule has 1 heterocycles. The second-order valence-corrected chi connectivity index (χ2v) is 3.20. The summed E-state index contributed by atoms with van der Waals surface area (Å²) in [5.74, 6) is 0.910. The average molecular weight is 141 g/mol. The Hall–Kier alpha value is -0.370. The van der Waals surface area contributed by atoms with E-state index in [1.54, 1.807) is 0 Å². The van der Waals surface area contributed by atoms with Gasteiger partial charge in [-0.25, -0.2) is 0 Å². The minimum atomic E-state index is 0.220. The van der Waals surface area contributed by atoms with Crippen molar-refractivity contribution in [3.8, 4) is 0 Å². The molecule has 0 saturated carbocycles. The molecule has 0 spiro atoms. The Morgan fingerprint density at radius 2 is 2.10 bits per heavy atom. The summed E-state index contributed by atoms with van der Waals surface area (Å²) in [6.07, 6.45) is 1.00. The summed E-state index contributed by atoms with van der Waals surface area (Å²) in [5.41, 5.74) is 0. The molecule has 2 unspecified atom stereocenters. The van der Waals surface area contributed by atoms with Gasteiger partial charge in [0.15, 0.2) is 0 Å². The van der Waals surface area contributed by atoms with E-state index >= 15 is 0 Å². The Morgan fingerprint density at radius 3 is 2.80 bits per heavy atom. The minimum Gasteiger partial charge on any atom is -0.316 e. The third-order valence-corrected chi connectivity index (χ3v) is 2.18. The SMILES string of the molecule is CC1CCNCC(C)C1=O. The lowest BCUT2D eigenvalue weighted by molar-refractivity contribution is -0.125. The van der Waals surface area contributed by atoms with Gasteiger partial charge in [0, 0.05) is 18.4 Å². The molecule has 0 aromatic rings. The topological polar surface area (TPSA) is 29.1 Å². The molecule has 10 heavy (non-hydrogen) atoms. The van der Waals surface area contributed by atoms with Gasteiger partial charge >= 0.3 is 0 Å². The van der Waals surface area contributed by atoms with Gasteiger partial charge in [0.25, 0.3) is 0 Å². The van der Waals surface area contributed by atoms with E-state index < -0.39 is 0 Å². The van der Waals surface area contributed by atoms with E-state index in [1.165, 1.54) is 0 Å². The zero-order chi connectivity index (χ0) is 7.56. The van der Waals surface area contributed by atoms with Gasteiger partial charge in [-0.3, -0.25) is 4.79 Å². The Balaban J connectivity index is 2.55. The second-order valence-electron chi connectivity index (χ2n) is 3.20. The van der Waals surface area contributed by atoms with Crippen LogP contribution in [0, 0.1) is 11.8 Å². The van der Waals surface area contributed by atoms with E-state index in [9.17, 15) is 4.79 Å². The van der Waals surface area contributed by atoms with Crippen LogP contribution >= 0.6 is 0 Å². The maximum atomic E-state index is 11.3. The Labute approximate surface area is 62.0 Å². The largest absolute Gasteiger partial charge is 0.316 e. The van der Waals surface area contributed by atoms with E-state index in [0.717, 1.165) is 19.5 Å². The smallest absolute Gasteiger partial charge is 0.139 e. The predicted octanol–water partition coefficient (Wildman–Crippen LogP) is 0.821. The fraction of sp³-hybridized carbons (Fsp3) is 0.875. The van der Waals surface area contributed by atoms with Crippen molar-refractivity contribution < 1.29 is 4.79 Å². The van der Waals surface area contributed by atoms with E-state index in [4.69, 9.17) is 0 Å². The van der Waals surface area contributed by atoms with Gasteiger partial charge in [0.05, 0.1) is 0 Å². The van der Waals surface area contributed by atoms with Gasteiger partial charge in [-0.2, -0.15) is 0 Å². The van der Waals surface area contributed by atoms with Crippen LogP contribution in [0.5, 0.6) is 0 Å². The molecule has 1 aliphatic heterocycles. The Kier molecular flexibility index (Phi) is 2.44. The minimum absolute atomic E-state index is 0.220. The molecule has 0 radical (unpaired) electrons. The quantitative estimate of drug-likeness (QED) is 0.541. The highest BCUT2D eigenvalue weighted by molar-refractivity contribution is 5.83. The molecular formula is C8H15NO. The maximum Gasteiger partial charge on any atom is 0.139 e. The molecule has 1 N–H and O–H groups in total. The molecule has 2 nitrogen and oxygen atoms in total. The number of hydrogen-bond acceptors (Lipinski definition) is 2. The van der Waals surface area contributed by atoms with Crippen LogP contribution in [0.2, 0.25) is 0 Å². The lowest BCUT2D eigenvalue weighted by atomic mass is 9.95. The van der Waals surface area contributed by atoms with E-state index in [-0.39, 0.29) is 11.8 Å². The molecule has 1 aliphatic rings. The fourth-order valence-corrected chi connectivity index (χ4v) is 1.37. The normalized spacial score (nSPS) is 35.6. The van der Waals surface area contributed by atoms with Gasteiger partial charge in [0.1, 0.15) is 5.78 Å². The summed E-state index contributed by atoms with van der Waals surface area (Å²) >= 11 is 0. The molecular weight excluding hydrogens is 126 g/mol. The lowest BCUT2D eigenvalue weighted by Crippen LogP contribution is -2.23. The third kappa shape index (κ3) is 1.57. The zero-order valence-electron chi connectivity index (χ0n) is 6.68. The number of carbonyl (C=O) groups is 1. The molecule has 0 aromatic carbocycles. The van der Waals surface area contributed by atoms with Crippen LogP contribution < -0.4 is 5.32 Å². The van der Waals surface area contributed by atoms with Gasteiger partial charge in [-0.1, -0.05) is 13.8 Å². The zero-order valence-corrected chi connectivity index (χ0v) is 6.68. The third-order valence-electron chi connectivity index (χ3n) is 2.18. The molecule has 0 aromatic heterocycles. The first-order valence-corrected chi connectivity index (χ1v) is 3.96. The van der Waals surface area contributed by atoms with Crippen LogP contribution in [0.1, 0.15) is 20.3 Å². The first kappa shape index (κ1) is 7.73. The fourth-order valence-electron chi connectivity index (χ4n) is 1.37. The number of ketones is 1. The summed E-state index contributed by atoms with van der Waals surface area (Å²) in [6, 6.07) is 0. The van der Waals surface area contributed by atoms with Gasteiger partial charge in [-0.15, -0.1) is 0 Å². The number of hydrogen-bond donors (Lipinski definition) is 1. The molecule has 1 fully saturated rings. The van der Waals surface area contributed by atoms with Gasteiger partial charge in [0.2, 0.25) is 0 Å². The average Bonchev–Trinajstić information content (AvgIpc) is 2.04. The van der Waals surface area contributed by atoms with Crippen molar-refractivity contribution in [3.63, 3.8) is 0 Å². The number of Topliss-reactive ketones (excluding diaryl/α,β-unsaturated/α-hetero) is 1. The van der Waals surface area contributed by atoms with Crippen LogP contribution in [0.3, 0.4) is 0 Å². The summed E-state index contributed by atoms with van der Waals surface area (Å²) in [5, 5.41) is 3.24. The van der Waals surface area contributed by atoms with Crippen molar-refractivity contribution in [1.82, 2.24) is 5.32 Å². The monoisotopic (exact) mass is 141 g/mol. The number of carbonyl (C=O) groups excluding carboxylic acids is 1. The van der Waals surface area contributed by atoms with Crippen LogP contribution in [-0.4, -0.2) is 18.9 Å². The summed E-state index contributed by atoms with van der Waals surface area (Å²) < 4.78 is 0. The summed E-state index contributed by atoms with van der Waals surface area (Å²) in [7, 11) is 0. The molecule has 1 rings (SSSR count). The Morgan fingerprint density at radius 1 is 1.40 bits per heavy atom. The summed E-state index contributed by atoms with van der Waals surface area (Å²) in [6.45, 7) is 5.88. The second kappa shape index (κ2) is 3.15. The molecule has 2 atom stereocenters. The Bertz CT molecular complexity index is 119. The van der Waals surface area contributed by atoms with Crippen LogP contribution in [0.25, 0.3) is 0 Å². The van der Waals surface area contributed by atoms with Crippen molar-refractivity contribution in [2.75, 3.05) is 13.1 Å². The standard InChI is InChI=1S/C8H15NO/c1-6-3-4-9-5-7(2)8(6)10/h6-7,9H,3-5H2,1-2H3. The molecule has 2 heteroatoms. The van der Waals surface area contributed by atoms with Crippen molar-refractivity contribution in [2.45, 2.75) is 20.3 Å². The first-order chi connectivity index (χ1) is 4.72. The van der Waals surface area contributed by atoms with Crippen LogP contribution in [0.4, 0.5) is 0 Å². The van der Waals surface area contributed by atoms with Crippen molar-refractivity contribution >= 4 is 5.78 Å².